The molecule has 1 aliphatic rings. The molecule has 1 saturated heterocycles. The van der Waals surface area contributed by atoms with Gasteiger partial charge >= 0.3 is 0 Å². The molecular weight excluding hydrogens is 276 g/mol. The van der Waals surface area contributed by atoms with Crippen molar-refractivity contribution in [3.63, 3.8) is 0 Å². The number of benzene rings is 1. The van der Waals surface area contributed by atoms with Crippen LogP contribution in [0.3, 0.4) is 0 Å². The van der Waals surface area contributed by atoms with Crippen molar-refractivity contribution < 1.29 is 4.74 Å². The average molecular weight is 298 g/mol. The molecule has 116 valence electrons. The molecular formula is C17H22N4O. The van der Waals surface area contributed by atoms with Gasteiger partial charge in [0.2, 0.25) is 5.95 Å². The van der Waals surface area contributed by atoms with Crippen LogP contribution in [0.5, 0.6) is 0 Å². The van der Waals surface area contributed by atoms with Crippen LogP contribution in [0, 0.1) is 0 Å². The number of ether oxygens (including phenoxy) is 1. The van der Waals surface area contributed by atoms with Gasteiger partial charge in [-0.1, -0.05) is 37.3 Å². The van der Waals surface area contributed by atoms with E-state index in [0.29, 0.717) is 0 Å². The van der Waals surface area contributed by atoms with Crippen LogP contribution in [0.4, 0.5) is 11.8 Å². The molecule has 2 heterocycles. The quantitative estimate of drug-likeness (QED) is 0.920. The van der Waals surface area contributed by atoms with Gasteiger partial charge in [-0.15, -0.1) is 0 Å². The lowest BCUT2D eigenvalue weighted by Crippen LogP contribution is -2.37. The van der Waals surface area contributed by atoms with E-state index >= 15 is 0 Å². The van der Waals surface area contributed by atoms with Crippen molar-refractivity contribution in [2.45, 2.75) is 13.3 Å². The molecule has 0 saturated carbocycles. The first-order chi connectivity index (χ1) is 10.9. The van der Waals surface area contributed by atoms with Gasteiger partial charge in [-0.3, -0.25) is 0 Å². The van der Waals surface area contributed by atoms with E-state index in [2.05, 4.69) is 34.3 Å². The number of rotatable bonds is 5. The van der Waals surface area contributed by atoms with Crippen molar-refractivity contribution in [1.82, 2.24) is 9.97 Å². The van der Waals surface area contributed by atoms with Crippen LogP contribution < -0.4 is 10.2 Å². The average Bonchev–Trinajstić information content (AvgIpc) is 2.61. The minimum Gasteiger partial charge on any atom is -0.378 e. The largest absolute Gasteiger partial charge is 0.378 e. The van der Waals surface area contributed by atoms with Gasteiger partial charge in [0, 0.05) is 31.3 Å². The Kier molecular flexibility index (Phi) is 4.85. The second kappa shape index (κ2) is 7.22. The summed E-state index contributed by atoms with van der Waals surface area (Å²) in [6.07, 6.45) is 1.07. The molecule has 0 bridgehead atoms. The third-order valence-electron chi connectivity index (χ3n) is 3.63. The fourth-order valence-electron chi connectivity index (χ4n) is 2.44. The number of aromatic nitrogens is 2. The molecule has 1 aliphatic heterocycles. The zero-order valence-corrected chi connectivity index (χ0v) is 13.0. The number of nitrogens with one attached hydrogen (secondary N) is 1. The molecule has 1 aromatic carbocycles. The van der Waals surface area contributed by atoms with E-state index in [9.17, 15) is 0 Å². The van der Waals surface area contributed by atoms with Crippen molar-refractivity contribution >= 4 is 11.8 Å². The molecule has 3 rings (SSSR count). The molecule has 5 nitrogen and oxygen atoms in total. The maximum atomic E-state index is 5.42. The van der Waals surface area contributed by atoms with Gasteiger partial charge in [0.05, 0.1) is 18.9 Å². The van der Waals surface area contributed by atoms with E-state index < -0.39 is 0 Å². The molecule has 0 atom stereocenters. The molecule has 5 heteroatoms. The van der Waals surface area contributed by atoms with E-state index in [1.165, 1.54) is 0 Å². The lowest BCUT2D eigenvalue weighted by Gasteiger charge is -2.27. The second-order valence-electron chi connectivity index (χ2n) is 5.33. The molecule has 1 N–H and O–H groups in total. The van der Waals surface area contributed by atoms with Crippen molar-refractivity contribution in [3.05, 3.63) is 36.4 Å². The predicted octanol–water partition coefficient (Wildman–Crippen LogP) is 2.80. The Morgan fingerprint density at radius 1 is 1.14 bits per heavy atom. The highest BCUT2D eigenvalue weighted by molar-refractivity contribution is 5.64. The Morgan fingerprint density at radius 2 is 1.91 bits per heavy atom. The number of anilines is 2. The van der Waals surface area contributed by atoms with E-state index in [1.807, 2.05) is 24.3 Å². The molecule has 0 spiro atoms. The maximum absolute atomic E-state index is 5.42. The fourth-order valence-corrected chi connectivity index (χ4v) is 2.44. The number of hydrogen-bond acceptors (Lipinski definition) is 5. The highest BCUT2D eigenvalue weighted by atomic mass is 16.5. The van der Waals surface area contributed by atoms with Crippen molar-refractivity contribution in [3.8, 4) is 11.3 Å². The molecule has 22 heavy (non-hydrogen) atoms. The molecule has 2 aromatic rings. The molecule has 1 aromatic heterocycles. The van der Waals surface area contributed by atoms with Crippen LogP contribution in [0.15, 0.2) is 36.4 Å². The van der Waals surface area contributed by atoms with Gasteiger partial charge in [0.15, 0.2) is 0 Å². The summed E-state index contributed by atoms with van der Waals surface area (Å²) in [6, 6.07) is 12.3. The summed E-state index contributed by atoms with van der Waals surface area (Å²) in [6.45, 7) is 6.20. The van der Waals surface area contributed by atoms with Crippen LogP contribution >= 0.6 is 0 Å². The van der Waals surface area contributed by atoms with Crippen LogP contribution in [0.1, 0.15) is 13.3 Å². The summed E-state index contributed by atoms with van der Waals surface area (Å²) in [4.78, 5) is 11.6. The van der Waals surface area contributed by atoms with E-state index in [4.69, 9.17) is 9.72 Å². The second-order valence-corrected chi connectivity index (χ2v) is 5.33. The van der Waals surface area contributed by atoms with Crippen molar-refractivity contribution in [2.24, 2.45) is 0 Å². The molecule has 0 unspecified atom stereocenters. The highest BCUT2D eigenvalue weighted by Gasteiger charge is 2.16. The van der Waals surface area contributed by atoms with Gasteiger partial charge in [-0.25, -0.2) is 4.98 Å². The van der Waals surface area contributed by atoms with Crippen LogP contribution in [-0.2, 0) is 4.74 Å². The van der Waals surface area contributed by atoms with Crippen LogP contribution in [-0.4, -0.2) is 42.8 Å². The zero-order valence-electron chi connectivity index (χ0n) is 13.0. The van der Waals surface area contributed by atoms with Crippen molar-refractivity contribution in [1.29, 1.82) is 0 Å². The monoisotopic (exact) mass is 298 g/mol. The van der Waals surface area contributed by atoms with Gasteiger partial charge in [0.25, 0.3) is 0 Å². The van der Waals surface area contributed by atoms with Gasteiger partial charge in [-0.2, -0.15) is 4.98 Å². The van der Waals surface area contributed by atoms with E-state index in [1.54, 1.807) is 0 Å². The first-order valence-corrected chi connectivity index (χ1v) is 7.88. The van der Waals surface area contributed by atoms with Gasteiger partial charge in [-0.05, 0) is 6.42 Å². The Hall–Kier alpha value is -2.14. The first kappa shape index (κ1) is 14.8. The Bertz CT molecular complexity index is 597. The Labute approximate surface area is 131 Å². The number of nitrogens with zero attached hydrogens (tertiary/aromatic N) is 3. The predicted molar refractivity (Wildman–Crippen MR) is 89.3 cm³/mol. The van der Waals surface area contributed by atoms with Gasteiger partial charge < -0.3 is 15.0 Å². The van der Waals surface area contributed by atoms with E-state index in [-0.39, 0.29) is 0 Å². The normalized spacial score (nSPS) is 14.9. The summed E-state index contributed by atoms with van der Waals surface area (Å²) >= 11 is 0. The molecule has 0 amide bonds. The van der Waals surface area contributed by atoms with Crippen LogP contribution in [0.2, 0.25) is 0 Å². The summed E-state index contributed by atoms with van der Waals surface area (Å²) in [7, 11) is 0. The third kappa shape index (κ3) is 3.54. The Morgan fingerprint density at radius 3 is 2.64 bits per heavy atom. The highest BCUT2D eigenvalue weighted by Crippen LogP contribution is 2.23. The lowest BCUT2D eigenvalue weighted by atomic mass is 10.1. The minimum absolute atomic E-state index is 0.733. The smallest absolute Gasteiger partial charge is 0.228 e. The summed E-state index contributed by atoms with van der Waals surface area (Å²) in [5.41, 5.74) is 2.06. The standard InChI is InChI=1S/C17H22N4O/c1-2-8-18-16-13-15(14-6-4-3-5-7-14)19-17(20-16)21-9-11-22-12-10-21/h3-7,13H,2,8-12H2,1H3,(H,18,19,20). The topological polar surface area (TPSA) is 50.3 Å². The summed E-state index contributed by atoms with van der Waals surface area (Å²) in [5.74, 6) is 1.67. The van der Waals surface area contributed by atoms with E-state index in [0.717, 1.165) is 62.3 Å². The SMILES string of the molecule is CCCNc1cc(-c2ccccc2)nc(N2CCOCC2)n1. The molecule has 0 aliphatic carbocycles. The molecule has 1 fully saturated rings. The summed E-state index contributed by atoms with van der Waals surface area (Å²) in [5, 5.41) is 3.37. The van der Waals surface area contributed by atoms with Gasteiger partial charge in [0.1, 0.15) is 5.82 Å². The molecule has 0 radical (unpaired) electrons. The van der Waals surface area contributed by atoms with Crippen molar-refractivity contribution in [2.75, 3.05) is 43.1 Å². The Balaban J connectivity index is 1.94. The maximum Gasteiger partial charge on any atom is 0.228 e. The summed E-state index contributed by atoms with van der Waals surface area (Å²) < 4.78 is 5.42. The first-order valence-electron chi connectivity index (χ1n) is 7.88. The number of hydrogen-bond donors (Lipinski definition) is 1. The number of morpholine rings is 1. The third-order valence-corrected chi connectivity index (χ3v) is 3.63. The minimum atomic E-state index is 0.733. The zero-order chi connectivity index (χ0) is 15.2. The van der Waals surface area contributed by atoms with Crippen LogP contribution in [0.25, 0.3) is 11.3 Å². The lowest BCUT2D eigenvalue weighted by molar-refractivity contribution is 0.122. The fraction of sp³-hybridized carbons (Fsp3) is 0.412.